The fraction of sp³-hybridized carbons (Fsp3) is 0.647. The Morgan fingerprint density at radius 2 is 1.17 bits per heavy atom. The lowest BCUT2D eigenvalue weighted by Gasteiger charge is -2.32. The molecule has 1 rings (SSSR count). The second-order valence-corrected chi connectivity index (χ2v) is 7.64. The van der Waals surface area contributed by atoms with Gasteiger partial charge < -0.3 is 0 Å². The lowest BCUT2D eigenvalue weighted by atomic mass is 9.74. The third-order valence-electron chi connectivity index (χ3n) is 2.66. The molecule has 0 unspecified atom stereocenters. The monoisotopic (exact) mass is 312 g/mol. The zero-order chi connectivity index (χ0) is 14.1. The summed E-state index contributed by atoms with van der Waals surface area (Å²) in [5, 5.41) is 1.14. The van der Waals surface area contributed by atoms with Gasteiger partial charge in [-0.1, -0.05) is 86.9 Å². The number of hydrogen-bond donors (Lipinski definition) is 0. The second-order valence-electron chi connectivity index (χ2n) is 6.85. The number of halogens is 1. The Morgan fingerprint density at radius 1 is 0.778 bits per heavy atom. The highest BCUT2D eigenvalue weighted by molar-refractivity contribution is 9.09. The summed E-state index contributed by atoms with van der Waals surface area (Å²) in [6, 6.07) is 12.0. The molecule has 0 saturated carbocycles. The van der Waals surface area contributed by atoms with Crippen molar-refractivity contribution >= 4 is 15.9 Å². The third-order valence-corrected chi connectivity index (χ3v) is 3.22. The van der Waals surface area contributed by atoms with Crippen molar-refractivity contribution < 1.29 is 0 Å². The number of alkyl halides is 1. The van der Waals surface area contributed by atoms with E-state index in [-0.39, 0.29) is 0 Å². The summed E-state index contributed by atoms with van der Waals surface area (Å²) >= 11 is 3.48. The van der Waals surface area contributed by atoms with Gasteiger partial charge in [0, 0.05) is 5.33 Å². The van der Waals surface area contributed by atoms with E-state index < -0.39 is 0 Å². The molecule has 0 aromatic heterocycles. The largest absolute Gasteiger partial charge is 0.0928 e. The van der Waals surface area contributed by atoms with Gasteiger partial charge in [-0.3, -0.25) is 0 Å². The Labute approximate surface area is 122 Å². The van der Waals surface area contributed by atoms with Crippen molar-refractivity contribution in [2.75, 3.05) is 5.33 Å². The molecule has 0 fully saturated rings. The minimum atomic E-state index is 0.468. The predicted octanol–water partition coefficient (Wildman–Crippen LogP) is 6.31. The van der Waals surface area contributed by atoms with Crippen LogP contribution >= 0.6 is 15.9 Å². The summed E-state index contributed by atoms with van der Waals surface area (Å²) in [7, 11) is 0. The Balaban J connectivity index is 0.000000397. The van der Waals surface area contributed by atoms with Gasteiger partial charge in [-0.2, -0.15) is 0 Å². The first-order valence-corrected chi connectivity index (χ1v) is 7.95. The predicted molar refractivity (Wildman–Crippen MR) is 87.3 cm³/mol. The van der Waals surface area contributed by atoms with E-state index in [1.807, 2.05) is 36.4 Å². The highest BCUT2D eigenvalue weighted by atomic mass is 79.9. The second kappa shape index (κ2) is 8.74. The number of benzene rings is 1. The first-order chi connectivity index (χ1) is 8.27. The molecule has 0 nitrogen and oxygen atoms in total. The topological polar surface area (TPSA) is 0 Å². The van der Waals surface area contributed by atoms with Gasteiger partial charge in [0.15, 0.2) is 0 Å². The van der Waals surface area contributed by atoms with Crippen LogP contribution < -0.4 is 0 Å². The van der Waals surface area contributed by atoms with Crippen molar-refractivity contribution in [2.24, 2.45) is 10.8 Å². The molecule has 0 heterocycles. The Kier molecular flexibility index (Phi) is 8.60. The van der Waals surface area contributed by atoms with Crippen LogP contribution in [0.5, 0.6) is 0 Å². The molecule has 0 aliphatic heterocycles. The van der Waals surface area contributed by atoms with E-state index in [4.69, 9.17) is 0 Å². The van der Waals surface area contributed by atoms with Crippen LogP contribution in [0, 0.1) is 10.8 Å². The zero-order valence-electron chi connectivity index (χ0n) is 12.7. The van der Waals surface area contributed by atoms with Gasteiger partial charge in [0.2, 0.25) is 0 Å². The maximum Gasteiger partial charge on any atom is 0.00315 e. The summed E-state index contributed by atoms with van der Waals surface area (Å²) < 4.78 is 0. The highest BCUT2D eigenvalue weighted by Crippen LogP contribution is 2.36. The molecule has 1 heteroatoms. The Hall–Kier alpha value is -0.300. The van der Waals surface area contributed by atoms with Crippen LogP contribution in [0.4, 0.5) is 0 Å². The minimum absolute atomic E-state index is 0.468. The lowest BCUT2D eigenvalue weighted by Crippen LogP contribution is -2.20. The molecule has 0 aliphatic carbocycles. The molecule has 0 radical (unpaired) electrons. The van der Waals surface area contributed by atoms with Crippen LogP contribution in [0.1, 0.15) is 53.9 Å². The third kappa shape index (κ3) is 12.2. The van der Waals surface area contributed by atoms with E-state index >= 15 is 0 Å². The van der Waals surface area contributed by atoms with E-state index in [1.54, 1.807) is 0 Å². The van der Waals surface area contributed by atoms with Gasteiger partial charge >= 0.3 is 0 Å². The van der Waals surface area contributed by atoms with Crippen LogP contribution in [-0.4, -0.2) is 5.33 Å². The minimum Gasteiger partial charge on any atom is -0.0928 e. The molecule has 1 aromatic carbocycles. The molecule has 0 amide bonds. The summed E-state index contributed by atoms with van der Waals surface area (Å²) in [6.45, 7) is 11.7. The Bertz CT molecular complexity index is 256. The fourth-order valence-electron chi connectivity index (χ4n) is 2.45. The van der Waals surface area contributed by atoms with E-state index in [9.17, 15) is 0 Å². The SMILES string of the molecule is CC(C)(C)CC(C)(C)CCCBr.c1ccccc1. The van der Waals surface area contributed by atoms with E-state index in [0.717, 1.165) is 5.33 Å². The van der Waals surface area contributed by atoms with Crippen LogP contribution in [-0.2, 0) is 0 Å². The smallest absolute Gasteiger partial charge is 0.00315 e. The molecular weight excluding hydrogens is 284 g/mol. The van der Waals surface area contributed by atoms with Crippen LogP contribution in [0.25, 0.3) is 0 Å². The van der Waals surface area contributed by atoms with Crippen LogP contribution in [0.3, 0.4) is 0 Å². The molecule has 18 heavy (non-hydrogen) atoms. The van der Waals surface area contributed by atoms with Crippen molar-refractivity contribution in [3.63, 3.8) is 0 Å². The fourth-order valence-corrected chi connectivity index (χ4v) is 2.73. The number of rotatable bonds is 4. The van der Waals surface area contributed by atoms with Crippen molar-refractivity contribution in [1.29, 1.82) is 0 Å². The number of hydrogen-bond acceptors (Lipinski definition) is 0. The van der Waals surface area contributed by atoms with Gasteiger partial charge in [0.05, 0.1) is 0 Å². The summed E-state index contributed by atoms with van der Waals surface area (Å²) in [6.07, 6.45) is 3.94. The molecule has 0 spiro atoms. The first-order valence-electron chi connectivity index (χ1n) is 6.83. The summed E-state index contributed by atoms with van der Waals surface area (Å²) in [4.78, 5) is 0. The average Bonchev–Trinajstić information content (AvgIpc) is 2.26. The van der Waals surface area contributed by atoms with Crippen molar-refractivity contribution in [2.45, 2.75) is 53.9 Å². The van der Waals surface area contributed by atoms with Gasteiger partial charge in [0.25, 0.3) is 0 Å². The average molecular weight is 313 g/mol. The van der Waals surface area contributed by atoms with Crippen molar-refractivity contribution in [3.05, 3.63) is 36.4 Å². The highest BCUT2D eigenvalue weighted by Gasteiger charge is 2.24. The van der Waals surface area contributed by atoms with Gasteiger partial charge in [0.1, 0.15) is 0 Å². The summed E-state index contributed by atoms with van der Waals surface area (Å²) in [5.41, 5.74) is 0.974. The zero-order valence-corrected chi connectivity index (χ0v) is 14.3. The molecule has 0 saturated heterocycles. The molecule has 0 aliphatic rings. The van der Waals surface area contributed by atoms with Gasteiger partial charge in [-0.25, -0.2) is 0 Å². The molecule has 0 N–H and O–H groups in total. The quantitative estimate of drug-likeness (QED) is 0.571. The maximum absolute atomic E-state index is 3.48. The van der Waals surface area contributed by atoms with Crippen molar-refractivity contribution in [3.8, 4) is 0 Å². The maximum atomic E-state index is 3.48. The molecular formula is C17H29Br. The summed E-state index contributed by atoms with van der Waals surface area (Å²) in [5.74, 6) is 0. The molecule has 0 bridgehead atoms. The van der Waals surface area contributed by atoms with Gasteiger partial charge in [-0.15, -0.1) is 0 Å². The van der Waals surface area contributed by atoms with E-state index in [2.05, 4.69) is 50.5 Å². The lowest BCUT2D eigenvalue weighted by molar-refractivity contribution is 0.198. The van der Waals surface area contributed by atoms with Gasteiger partial charge in [-0.05, 0) is 30.1 Å². The van der Waals surface area contributed by atoms with Crippen LogP contribution in [0.15, 0.2) is 36.4 Å². The van der Waals surface area contributed by atoms with E-state index in [1.165, 1.54) is 19.3 Å². The van der Waals surface area contributed by atoms with E-state index in [0.29, 0.717) is 10.8 Å². The molecule has 0 atom stereocenters. The Morgan fingerprint density at radius 3 is 1.44 bits per heavy atom. The molecule has 104 valence electrons. The van der Waals surface area contributed by atoms with Crippen LogP contribution in [0.2, 0.25) is 0 Å². The normalized spacial score (nSPS) is 11.7. The first kappa shape index (κ1) is 17.7. The van der Waals surface area contributed by atoms with Crippen molar-refractivity contribution in [1.82, 2.24) is 0 Å². The standard InChI is InChI=1S/C11H23Br.C6H6/c1-10(2,3)9-11(4,5)7-6-8-12;1-2-4-6-5-3-1/h6-9H2,1-5H3;1-6H. The molecule has 1 aromatic rings.